The normalized spacial score (nSPS) is 17.8. The molecule has 1 aliphatic rings. The molecule has 0 aliphatic carbocycles. The van der Waals surface area contributed by atoms with Crippen LogP contribution in [-0.4, -0.2) is 34.8 Å². The first-order chi connectivity index (χ1) is 12.0. The summed E-state index contributed by atoms with van der Waals surface area (Å²) in [6.45, 7) is 5.78. The van der Waals surface area contributed by atoms with E-state index >= 15 is 0 Å². The molecule has 2 N–H and O–H groups in total. The topological polar surface area (TPSA) is 76.0 Å². The van der Waals surface area contributed by atoms with Crippen LogP contribution >= 0.6 is 15.9 Å². The van der Waals surface area contributed by atoms with Crippen molar-refractivity contribution in [3.05, 3.63) is 38.7 Å². The minimum atomic E-state index is -0.233. The van der Waals surface area contributed by atoms with E-state index < -0.39 is 0 Å². The minimum Gasteiger partial charge on any atom is -0.350 e. The summed E-state index contributed by atoms with van der Waals surface area (Å²) in [6, 6.07) is 5.66. The minimum absolute atomic E-state index is 0.0545. The number of rotatable bonds is 4. The maximum Gasteiger partial charge on any atom is 0.275 e. The number of amides is 1. The molecule has 2 heterocycles. The number of carbonyl (C=O) groups is 1. The lowest BCUT2D eigenvalue weighted by molar-refractivity contribution is -0.122. The Labute approximate surface area is 155 Å². The highest BCUT2D eigenvalue weighted by Crippen LogP contribution is 2.24. The number of halogens is 1. The van der Waals surface area contributed by atoms with Gasteiger partial charge in [-0.3, -0.25) is 9.59 Å². The van der Waals surface area contributed by atoms with Crippen LogP contribution in [0.5, 0.6) is 0 Å². The molecule has 134 valence electrons. The fourth-order valence-corrected chi connectivity index (χ4v) is 3.56. The zero-order chi connectivity index (χ0) is 18.0. The van der Waals surface area contributed by atoms with Gasteiger partial charge in [-0.05, 0) is 43.5 Å². The summed E-state index contributed by atoms with van der Waals surface area (Å²) < 4.78 is 2.19. The summed E-state index contributed by atoms with van der Waals surface area (Å²) >= 11 is 3.45. The van der Waals surface area contributed by atoms with Gasteiger partial charge in [-0.15, -0.1) is 0 Å². The largest absolute Gasteiger partial charge is 0.350 e. The van der Waals surface area contributed by atoms with Crippen molar-refractivity contribution in [3.8, 4) is 0 Å². The van der Waals surface area contributed by atoms with Crippen molar-refractivity contribution < 1.29 is 4.79 Å². The molecule has 0 spiro atoms. The van der Waals surface area contributed by atoms with Crippen LogP contribution in [0.3, 0.4) is 0 Å². The van der Waals surface area contributed by atoms with Crippen molar-refractivity contribution >= 4 is 32.6 Å². The van der Waals surface area contributed by atoms with Crippen molar-refractivity contribution in [1.29, 1.82) is 0 Å². The van der Waals surface area contributed by atoms with Gasteiger partial charge in [-0.1, -0.05) is 29.8 Å². The molecule has 1 fully saturated rings. The van der Waals surface area contributed by atoms with Crippen LogP contribution in [0.1, 0.15) is 38.3 Å². The maximum atomic E-state index is 12.7. The molecule has 1 aromatic carbocycles. The maximum absolute atomic E-state index is 12.7. The average Bonchev–Trinajstić information content (AvgIpc) is 2.57. The van der Waals surface area contributed by atoms with Gasteiger partial charge in [-0.2, -0.15) is 5.10 Å². The van der Waals surface area contributed by atoms with E-state index in [4.69, 9.17) is 0 Å². The van der Waals surface area contributed by atoms with Crippen molar-refractivity contribution in [2.75, 3.05) is 13.1 Å². The highest BCUT2D eigenvalue weighted by molar-refractivity contribution is 9.10. The van der Waals surface area contributed by atoms with E-state index in [0.29, 0.717) is 5.39 Å². The summed E-state index contributed by atoms with van der Waals surface area (Å²) in [5.74, 6) is -0.0243. The molecular weight excluding hydrogens is 384 g/mol. The van der Waals surface area contributed by atoms with Gasteiger partial charge in [0.25, 0.3) is 5.56 Å². The Morgan fingerprint density at radius 2 is 2.24 bits per heavy atom. The van der Waals surface area contributed by atoms with Gasteiger partial charge in [-0.25, -0.2) is 4.68 Å². The molecule has 1 saturated heterocycles. The third-order valence-electron chi connectivity index (χ3n) is 4.45. The number of nitrogens with zero attached hydrogens (tertiary/aromatic N) is 2. The number of piperidine rings is 1. The summed E-state index contributed by atoms with van der Waals surface area (Å²) in [5, 5.41) is 12.2. The lowest BCUT2D eigenvalue weighted by Gasteiger charge is -2.24. The van der Waals surface area contributed by atoms with Crippen molar-refractivity contribution in [2.45, 2.75) is 45.2 Å². The molecule has 1 aliphatic heterocycles. The average molecular weight is 407 g/mol. The standard InChI is InChI=1S/C18H23BrN4O2/c1-11(2)17-15-8-12(19)5-6-14(15)18(25)23(22-17)10-16(24)21-13-4-3-7-20-9-13/h5-6,8,11,13,20H,3-4,7,9-10H2,1-2H3,(H,21,24)/t13-/m1/s1. The zero-order valence-electron chi connectivity index (χ0n) is 14.5. The number of fused-ring (bicyclic) bond motifs is 1. The molecule has 3 rings (SSSR count). The predicted molar refractivity (Wildman–Crippen MR) is 102 cm³/mol. The Bertz CT molecular complexity index is 841. The van der Waals surface area contributed by atoms with Crippen molar-refractivity contribution in [3.63, 3.8) is 0 Å². The molecule has 0 unspecified atom stereocenters. The highest BCUT2D eigenvalue weighted by Gasteiger charge is 2.18. The van der Waals surface area contributed by atoms with Gasteiger partial charge >= 0.3 is 0 Å². The van der Waals surface area contributed by atoms with Crippen molar-refractivity contribution in [1.82, 2.24) is 20.4 Å². The van der Waals surface area contributed by atoms with Crippen LogP contribution in [0, 0.1) is 0 Å². The summed E-state index contributed by atoms with van der Waals surface area (Å²) in [4.78, 5) is 25.1. The monoisotopic (exact) mass is 406 g/mol. The molecule has 7 heteroatoms. The van der Waals surface area contributed by atoms with Gasteiger partial charge in [0.1, 0.15) is 6.54 Å². The lowest BCUT2D eigenvalue weighted by Crippen LogP contribution is -2.47. The number of aromatic nitrogens is 2. The Hall–Kier alpha value is -1.73. The molecule has 1 aromatic heterocycles. The summed E-state index contributed by atoms with van der Waals surface area (Å²) in [6.07, 6.45) is 2.01. The molecule has 0 bridgehead atoms. The number of hydrogen-bond donors (Lipinski definition) is 2. The molecular formula is C18H23BrN4O2. The lowest BCUT2D eigenvalue weighted by atomic mass is 10.0. The molecule has 1 atom stereocenters. The SMILES string of the molecule is CC(C)c1nn(CC(=O)N[C@@H]2CCCNC2)c(=O)c2ccc(Br)cc12. The van der Waals surface area contributed by atoms with Crippen LogP contribution in [0.2, 0.25) is 0 Å². The number of carbonyl (C=O) groups excluding carboxylic acids is 1. The second-order valence-electron chi connectivity index (χ2n) is 6.80. The van der Waals surface area contributed by atoms with E-state index in [1.807, 2.05) is 26.0 Å². The van der Waals surface area contributed by atoms with E-state index in [-0.39, 0.29) is 30.0 Å². The first-order valence-corrected chi connectivity index (χ1v) is 9.45. The smallest absolute Gasteiger partial charge is 0.275 e. The van der Waals surface area contributed by atoms with Gasteiger partial charge in [0.2, 0.25) is 5.91 Å². The molecule has 6 nitrogen and oxygen atoms in total. The van der Waals surface area contributed by atoms with E-state index in [9.17, 15) is 9.59 Å². The van der Waals surface area contributed by atoms with E-state index in [2.05, 4.69) is 31.7 Å². The van der Waals surface area contributed by atoms with E-state index in [0.717, 1.165) is 41.5 Å². The first-order valence-electron chi connectivity index (χ1n) is 8.66. The van der Waals surface area contributed by atoms with Crippen LogP contribution in [0.4, 0.5) is 0 Å². The third-order valence-corrected chi connectivity index (χ3v) is 4.95. The highest BCUT2D eigenvalue weighted by atomic mass is 79.9. The Morgan fingerprint density at radius 1 is 1.44 bits per heavy atom. The van der Waals surface area contributed by atoms with Crippen LogP contribution in [0.25, 0.3) is 10.8 Å². The Balaban J connectivity index is 1.90. The van der Waals surface area contributed by atoms with Crippen LogP contribution in [-0.2, 0) is 11.3 Å². The fraction of sp³-hybridized carbons (Fsp3) is 0.500. The molecule has 1 amide bonds. The van der Waals surface area contributed by atoms with Crippen molar-refractivity contribution in [2.24, 2.45) is 0 Å². The number of benzene rings is 1. The predicted octanol–water partition coefficient (Wildman–Crippen LogP) is 2.15. The zero-order valence-corrected chi connectivity index (χ0v) is 16.1. The second-order valence-corrected chi connectivity index (χ2v) is 7.72. The van der Waals surface area contributed by atoms with Crippen LogP contribution in [0.15, 0.2) is 27.5 Å². The third kappa shape index (κ3) is 4.10. The molecule has 0 radical (unpaired) electrons. The first kappa shape index (κ1) is 18.1. The fourth-order valence-electron chi connectivity index (χ4n) is 3.20. The summed E-state index contributed by atoms with van der Waals surface area (Å²) in [7, 11) is 0. The van der Waals surface area contributed by atoms with Gasteiger partial charge < -0.3 is 10.6 Å². The van der Waals surface area contributed by atoms with E-state index in [1.54, 1.807) is 6.07 Å². The quantitative estimate of drug-likeness (QED) is 0.815. The van der Waals surface area contributed by atoms with Gasteiger partial charge in [0, 0.05) is 22.4 Å². The number of nitrogens with one attached hydrogen (secondary N) is 2. The summed E-state index contributed by atoms with van der Waals surface area (Å²) in [5.41, 5.74) is 0.590. The Morgan fingerprint density at radius 3 is 2.92 bits per heavy atom. The van der Waals surface area contributed by atoms with E-state index in [1.165, 1.54) is 4.68 Å². The second kappa shape index (κ2) is 7.66. The van der Waals surface area contributed by atoms with Gasteiger partial charge in [0.15, 0.2) is 0 Å². The van der Waals surface area contributed by atoms with Gasteiger partial charge in [0.05, 0.1) is 11.1 Å². The van der Waals surface area contributed by atoms with Crippen LogP contribution < -0.4 is 16.2 Å². The Kier molecular flexibility index (Phi) is 5.54. The molecule has 0 saturated carbocycles. The molecule has 2 aromatic rings. The molecule has 25 heavy (non-hydrogen) atoms. The number of hydrogen-bond acceptors (Lipinski definition) is 4.